The molecule has 2 unspecified atom stereocenters. The van der Waals surface area contributed by atoms with Gasteiger partial charge in [0, 0.05) is 56.4 Å². The Labute approximate surface area is 302 Å². The molecule has 0 aromatic heterocycles. The van der Waals surface area contributed by atoms with Crippen molar-refractivity contribution >= 4 is 11.6 Å². The van der Waals surface area contributed by atoms with Crippen LogP contribution in [0.15, 0.2) is 71.8 Å². The standard InChI is InChI=1S/C39H58ClN3O4.C2H6/c1-4-7-24-43(30-32-13-17-35(18-14-32)46-27-21-31-11-15-33(40)16-12-31)37-20-19-36(45-26-9-23-42(5-2)6-3)29-38(39(37)41)47-28-22-34-10-8-25-44-34;1-2/h11-18,29,34,36H,4-10,19-28,30,41H2,1-3H3;1-2H3. The Kier molecular flexibility index (Phi) is 19.7. The van der Waals surface area contributed by atoms with E-state index in [2.05, 4.69) is 60.9 Å². The minimum Gasteiger partial charge on any atom is -0.493 e. The lowest BCUT2D eigenvalue weighted by Crippen LogP contribution is -2.27. The van der Waals surface area contributed by atoms with Crippen molar-refractivity contribution in [3.63, 3.8) is 0 Å². The Hall–Kier alpha value is -2.71. The van der Waals surface area contributed by atoms with Crippen LogP contribution in [-0.4, -0.2) is 74.6 Å². The van der Waals surface area contributed by atoms with Gasteiger partial charge in [-0.1, -0.05) is 76.9 Å². The van der Waals surface area contributed by atoms with Crippen LogP contribution in [0.25, 0.3) is 0 Å². The van der Waals surface area contributed by atoms with E-state index in [0.29, 0.717) is 13.2 Å². The summed E-state index contributed by atoms with van der Waals surface area (Å²) in [5.74, 6) is 1.64. The first-order valence-corrected chi connectivity index (χ1v) is 19.4. The van der Waals surface area contributed by atoms with Gasteiger partial charge in [0.1, 0.15) is 11.5 Å². The van der Waals surface area contributed by atoms with Crippen LogP contribution in [0.5, 0.6) is 5.75 Å². The number of allylic oxidation sites excluding steroid dienone is 1. The molecule has 2 aliphatic rings. The molecular weight excluding hydrogens is 634 g/mol. The Morgan fingerprint density at radius 3 is 2.27 bits per heavy atom. The van der Waals surface area contributed by atoms with Crippen molar-refractivity contribution < 1.29 is 18.9 Å². The third kappa shape index (κ3) is 14.6. The molecule has 0 bridgehead atoms. The Bertz CT molecular complexity index is 1220. The first kappa shape index (κ1) is 40.7. The second kappa shape index (κ2) is 23.7. The van der Waals surface area contributed by atoms with Crippen LogP contribution in [0.3, 0.4) is 0 Å². The number of nitrogens with two attached hydrogens (primary N) is 1. The van der Waals surface area contributed by atoms with Gasteiger partial charge in [-0.15, -0.1) is 0 Å². The average Bonchev–Trinajstić information content (AvgIpc) is 3.60. The van der Waals surface area contributed by atoms with Crippen LogP contribution < -0.4 is 10.5 Å². The SMILES string of the molecule is CC.CCCCN(Cc1ccc(OCCc2ccc(Cl)cc2)cc1)C1=C(N)C(OCCC2CCCO2)=CC(OCCCN(CC)CC)CC1. The summed E-state index contributed by atoms with van der Waals surface area (Å²) in [7, 11) is 0. The molecule has 2 N–H and O–H groups in total. The molecule has 274 valence electrons. The lowest BCUT2D eigenvalue weighted by Gasteiger charge is -2.29. The van der Waals surface area contributed by atoms with Gasteiger partial charge in [-0.05, 0) is 93.1 Å². The van der Waals surface area contributed by atoms with Gasteiger partial charge < -0.3 is 34.5 Å². The van der Waals surface area contributed by atoms with Gasteiger partial charge in [-0.2, -0.15) is 0 Å². The zero-order chi connectivity index (χ0) is 35.3. The van der Waals surface area contributed by atoms with Crippen LogP contribution in [-0.2, 0) is 27.2 Å². The first-order chi connectivity index (χ1) is 24.0. The third-order valence-electron chi connectivity index (χ3n) is 9.18. The zero-order valence-electron chi connectivity index (χ0n) is 31.1. The fraction of sp³-hybridized carbons (Fsp3) is 0.610. The van der Waals surface area contributed by atoms with Crippen LogP contribution in [0.1, 0.15) is 97.1 Å². The molecule has 0 amide bonds. The third-order valence-corrected chi connectivity index (χ3v) is 9.43. The highest BCUT2D eigenvalue weighted by molar-refractivity contribution is 6.30. The van der Waals surface area contributed by atoms with E-state index in [-0.39, 0.29) is 12.2 Å². The number of benzene rings is 2. The van der Waals surface area contributed by atoms with Gasteiger partial charge in [0.05, 0.1) is 31.1 Å². The van der Waals surface area contributed by atoms with Crippen molar-refractivity contribution in [1.29, 1.82) is 0 Å². The predicted molar refractivity (Wildman–Crippen MR) is 204 cm³/mol. The quantitative estimate of drug-likeness (QED) is 0.131. The fourth-order valence-electron chi connectivity index (χ4n) is 6.23. The second-order valence-corrected chi connectivity index (χ2v) is 13.1. The number of nitrogens with zero attached hydrogens (tertiary/aromatic N) is 2. The average molecular weight is 698 g/mol. The Morgan fingerprint density at radius 1 is 0.857 bits per heavy atom. The van der Waals surface area contributed by atoms with Crippen LogP contribution >= 0.6 is 11.6 Å². The van der Waals surface area contributed by atoms with Crippen LogP contribution in [0.2, 0.25) is 5.02 Å². The number of hydrogen-bond acceptors (Lipinski definition) is 7. The van der Waals surface area contributed by atoms with E-state index >= 15 is 0 Å². The summed E-state index contributed by atoms with van der Waals surface area (Å²) in [4.78, 5) is 4.89. The van der Waals surface area contributed by atoms with E-state index in [1.54, 1.807) is 0 Å². The number of rotatable bonds is 21. The minimum absolute atomic E-state index is 0.0298. The van der Waals surface area contributed by atoms with Crippen molar-refractivity contribution in [2.45, 2.75) is 111 Å². The van der Waals surface area contributed by atoms with Gasteiger partial charge in [0.2, 0.25) is 0 Å². The van der Waals surface area contributed by atoms with Gasteiger partial charge >= 0.3 is 0 Å². The van der Waals surface area contributed by atoms with Gasteiger partial charge in [0.25, 0.3) is 0 Å². The van der Waals surface area contributed by atoms with Crippen molar-refractivity contribution in [1.82, 2.24) is 9.80 Å². The van der Waals surface area contributed by atoms with Crippen molar-refractivity contribution in [2.75, 3.05) is 52.6 Å². The number of unbranched alkanes of at least 4 members (excludes halogenated alkanes) is 1. The summed E-state index contributed by atoms with van der Waals surface area (Å²) in [6.07, 6.45) is 11.3. The summed E-state index contributed by atoms with van der Waals surface area (Å²) in [5, 5.41) is 0.753. The van der Waals surface area contributed by atoms with E-state index < -0.39 is 0 Å². The molecule has 1 aliphatic heterocycles. The van der Waals surface area contributed by atoms with E-state index in [1.807, 2.05) is 38.1 Å². The van der Waals surface area contributed by atoms with E-state index in [4.69, 9.17) is 36.3 Å². The molecule has 0 saturated carbocycles. The molecule has 49 heavy (non-hydrogen) atoms. The largest absolute Gasteiger partial charge is 0.493 e. The van der Waals surface area contributed by atoms with Gasteiger partial charge in [-0.3, -0.25) is 0 Å². The number of halogens is 1. The maximum Gasteiger partial charge on any atom is 0.142 e. The summed E-state index contributed by atoms with van der Waals surface area (Å²) in [6, 6.07) is 16.4. The summed E-state index contributed by atoms with van der Waals surface area (Å²) in [6.45, 7) is 18.4. The van der Waals surface area contributed by atoms with E-state index in [1.165, 1.54) is 11.1 Å². The molecule has 4 rings (SSSR count). The van der Waals surface area contributed by atoms with Crippen molar-refractivity contribution in [2.24, 2.45) is 5.73 Å². The molecule has 2 aromatic rings. The van der Waals surface area contributed by atoms with Gasteiger partial charge in [0.15, 0.2) is 0 Å². The predicted octanol–water partition coefficient (Wildman–Crippen LogP) is 9.14. The topological polar surface area (TPSA) is 69.4 Å². The minimum atomic E-state index is -0.0298. The van der Waals surface area contributed by atoms with E-state index in [0.717, 1.165) is 132 Å². The molecular formula is C41H64ClN3O4. The van der Waals surface area contributed by atoms with Crippen LogP contribution in [0, 0.1) is 0 Å². The maximum atomic E-state index is 7.00. The first-order valence-electron chi connectivity index (χ1n) is 19.0. The van der Waals surface area contributed by atoms with Gasteiger partial charge in [-0.25, -0.2) is 0 Å². The molecule has 1 aliphatic carbocycles. The molecule has 0 radical (unpaired) electrons. The second-order valence-electron chi connectivity index (χ2n) is 12.6. The summed E-state index contributed by atoms with van der Waals surface area (Å²) < 4.78 is 24.8. The normalized spacial score (nSPS) is 17.7. The zero-order valence-corrected chi connectivity index (χ0v) is 31.8. The highest BCUT2D eigenvalue weighted by Gasteiger charge is 2.24. The summed E-state index contributed by atoms with van der Waals surface area (Å²) >= 11 is 6.02. The smallest absolute Gasteiger partial charge is 0.142 e. The number of hydrogen-bond donors (Lipinski definition) is 1. The maximum absolute atomic E-state index is 7.00. The van der Waals surface area contributed by atoms with Crippen molar-refractivity contribution in [3.05, 3.63) is 87.9 Å². The lowest BCUT2D eigenvalue weighted by atomic mass is 10.1. The molecule has 1 fully saturated rings. The Balaban J connectivity index is 0.00000319. The fourth-order valence-corrected chi connectivity index (χ4v) is 6.35. The highest BCUT2D eigenvalue weighted by Crippen LogP contribution is 2.29. The molecule has 2 aromatic carbocycles. The van der Waals surface area contributed by atoms with Crippen molar-refractivity contribution in [3.8, 4) is 5.75 Å². The molecule has 1 saturated heterocycles. The summed E-state index contributed by atoms with van der Waals surface area (Å²) in [5.41, 5.74) is 11.3. The van der Waals surface area contributed by atoms with E-state index in [9.17, 15) is 0 Å². The Morgan fingerprint density at radius 2 is 1.59 bits per heavy atom. The lowest BCUT2D eigenvalue weighted by molar-refractivity contribution is 0.0649. The van der Waals surface area contributed by atoms with Crippen LogP contribution in [0.4, 0.5) is 0 Å². The number of ether oxygens (including phenoxy) is 4. The molecule has 1 heterocycles. The molecule has 8 heteroatoms. The molecule has 0 spiro atoms. The monoisotopic (exact) mass is 697 g/mol. The highest BCUT2D eigenvalue weighted by atomic mass is 35.5. The molecule has 2 atom stereocenters. The molecule has 7 nitrogen and oxygen atoms in total.